The zero-order chi connectivity index (χ0) is 10.6. The summed E-state index contributed by atoms with van der Waals surface area (Å²) in [5.74, 6) is -0.413. The van der Waals surface area contributed by atoms with Gasteiger partial charge in [0.15, 0.2) is 6.61 Å². The molecule has 0 aliphatic carbocycles. The standard InChI is InChI=1S/C9H9ClFNO2/c1-12-9(13)5-14-6-2-3-8(11)7(10)4-6/h2-4H,5H2,1H3,(H,12,13). The summed E-state index contributed by atoms with van der Waals surface area (Å²) in [5, 5.41) is 2.36. The van der Waals surface area contributed by atoms with Gasteiger partial charge in [-0.2, -0.15) is 0 Å². The molecule has 0 spiro atoms. The molecule has 3 nitrogen and oxygen atoms in total. The highest BCUT2D eigenvalue weighted by molar-refractivity contribution is 6.30. The third-order valence-corrected chi connectivity index (χ3v) is 1.83. The van der Waals surface area contributed by atoms with Gasteiger partial charge in [0, 0.05) is 13.1 Å². The Morgan fingerprint density at radius 2 is 2.36 bits per heavy atom. The smallest absolute Gasteiger partial charge is 0.257 e. The van der Waals surface area contributed by atoms with Crippen molar-refractivity contribution in [1.29, 1.82) is 0 Å². The molecule has 1 N–H and O–H groups in total. The van der Waals surface area contributed by atoms with Crippen LogP contribution in [0.15, 0.2) is 18.2 Å². The minimum atomic E-state index is -0.515. The first-order chi connectivity index (χ1) is 6.63. The quantitative estimate of drug-likeness (QED) is 0.835. The van der Waals surface area contributed by atoms with Gasteiger partial charge in [-0.05, 0) is 12.1 Å². The molecule has 0 aliphatic heterocycles. The third kappa shape index (κ3) is 2.88. The summed E-state index contributed by atoms with van der Waals surface area (Å²) in [6, 6.07) is 3.91. The van der Waals surface area contributed by atoms with E-state index in [1.807, 2.05) is 0 Å². The van der Waals surface area contributed by atoms with Crippen molar-refractivity contribution in [2.24, 2.45) is 0 Å². The molecule has 0 heterocycles. The van der Waals surface area contributed by atoms with Crippen LogP contribution in [0.25, 0.3) is 0 Å². The summed E-state index contributed by atoms with van der Waals surface area (Å²) in [7, 11) is 1.50. The Bertz CT molecular complexity index is 344. The van der Waals surface area contributed by atoms with Crippen LogP contribution in [-0.2, 0) is 4.79 Å². The van der Waals surface area contributed by atoms with Gasteiger partial charge in [0.05, 0.1) is 5.02 Å². The van der Waals surface area contributed by atoms with E-state index >= 15 is 0 Å². The van der Waals surface area contributed by atoms with E-state index in [0.717, 1.165) is 0 Å². The van der Waals surface area contributed by atoms with Crippen LogP contribution in [0.1, 0.15) is 0 Å². The number of nitrogens with one attached hydrogen (secondary N) is 1. The number of carbonyl (C=O) groups excluding carboxylic acids is 1. The molecule has 0 saturated carbocycles. The Balaban J connectivity index is 2.60. The molecular weight excluding hydrogens is 209 g/mol. The molecular formula is C9H9ClFNO2. The number of benzene rings is 1. The van der Waals surface area contributed by atoms with Gasteiger partial charge in [0.1, 0.15) is 11.6 Å². The zero-order valence-electron chi connectivity index (χ0n) is 7.51. The molecule has 0 bridgehead atoms. The fourth-order valence-electron chi connectivity index (χ4n) is 0.788. The first-order valence-corrected chi connectivity index (χ1v) is 4.29. The van der Waals surface area contributed by atoms with Gasteiger partial charge in [-0.1, -0.05) is 11.6 Å². The number of ether oxygens (including phenoxy) is 1. The normalized spacial score (nSPS) is 9.64. The van der Waals surface area contributed by atoms with Gasteiger partial charge in [-0.25, -0.2) is 4.39 Å². The highest BCUT2D eigenvalue weighted by Crippen LogP contribution is 2.20. The van der Waals surface area contributed by atoms with E-state index in [2.05, 4.69) is 5.32 Å². The largest absolute Gasteiger partial charge is 0.484 e. The van der Waals surface area contributed by atoms with Crippen molar-refractivity contribution in [3.05, 3.63) is 29.0 Å². The maximum Gasteiger partial charge on any atom is 0.257 e. The predicted octanol–water partition coefficient (Wildman–Crippen LogP) is 1.60. The van der Waals surface area contributed by atoms with Crippen molar-refractivity contribution in [2.75, 3.05) is 13.7 Å². The highest BCUT2D eigenvalue weighted by atomic mass is 35.5. The van der Waals surface area contributed by atoms with Gasteiger partial charge < -0.3 is 10.1 Å². The van der Waals surface area contributed by atoms with Crippen molar-refractivity contribution in [1.82, 2.24) is 5.32 Å². The van der Waals surface area contributed by atoms with Crippen molar-refractivity contribution in [3.8, 4) is 5.75 Å². The molecule has 0 atom stereocenters. The van der Waals surface area contributed by atoms with E-state index in [1.54, 1.807) is 0 Å². The Morgan fingerprint density at radius 1 is 1.64 bits per heavy atom. The summed E-state index contributed by atoms with van der Waals surface area (Å²) < 4.78 is 17.7. The monoisotopic (exact) mass is 217 g/mol. The average molecular weight is 218 g/mol. The van der Waals surface area contributed by atoms with Crippen LogP contribution < -0.4 is 10.1 Å². The van der Waals surface area contributed by atoms with E-state index in [9.17, 15) is 9.18 Å². The second-order valence-corrected chi connectivity index (χ2v) is 2.94. The molecule has 0 radical (unpaired) electrons. The van der Waals surface area contributed by atoms with Gasteiger partial charge in [-0.3, -0.25) is 4.79 Å². The van der Waals surface area contributed by atoms with Crippen molar-refractivity contribution >= 4 is 17.5 Å². The van der Waals surface area contributed by atoms with E-state index in [4.69, 9.17) is 16.3 Å². The summed E-state index contributed by atoms with van der Waals surface area (Å²) in [5.41, 5.74) is 0. The van der Waals surface area contributed by atoms with Gasteiger partial charge >= 0.3 is 0 Å². The molecule has 0 aromatic heterocycles. The van der Waals surface area contributed by atoms with Crippen LogP contribution in [0.3, 0.4) is 0 Å². The maximum absolute atomic E-state index is 12.7. The Labute approximate surface area is 85.8 Å². The molecule has 1 aromatic rings. The Kier molecular flexibility index (Phi) is 3.71. The summed E-state index contributed by atoms with van der Waals surface area (Å²) >= 11 is 5.51. The molecule has 1 aromatic carbocycles. The third-order valence-electron chi connectivity index (χ3n) is 1.54. The molecule has 14 heavy (non-hydrogen) atoms. The first kappa shape index (κ1) is 10.8. The number of amides is 1. The fourth-order valence-corrected chi connectivity index (χ4v) is 0.958. The molecule has 5 heteroatoms. The molecule has 0 saturated heterocycles. The predicted molar refractivity (Wildman–Crippen MR) is 51.0 cm³/mol. The number of hydrogen-bond acceptors (Lipinski definition) is 2. The SMILES string of the molecule is CNC(=O)COc1ccc(F)c(Cl)c1. The van der Waals surface area contributed by atoms with Crippen molar-refractivity contribution < 1.29 is 13.9 Å². The van der Waals surface area contributed by atoms with E-state index < -0.39 is 5.82 Å². The molecule has 0 aliphatic rings. The number of hydrogen-bond donors (Lipinski definition) is 1. The molecule has 0 fully saturated rings. The minimum Gasteiger partial charge on any atom is -0.484 e. The van der Waals surface area contributed by atoms with Gasteiger partial charge in [0.2, 0.25) is 0 Å². The van der Waals surface area contributed by atoms with Crippen LogP contribution in [0.4, 0.5) is 4.39 Å². The van der Waals surface area contributed by atoms with Crippen molar-refractivity contribution in [3.63, 3.8) is 0 Å². The highest BCUT2D eigenvalue weighted by Gasteiger charge is 2.03. The number of likely N-dealkylation sites (N-methyl/N-ethyl adjacent to an activating group) is 1. The average Bonchev–Trinajstić information content (AvgIpc) is 2.19. The zero-order valence-corrected chi connectivity index (χ0v) is 8.27. The Hall–Kier alpha value is -1.29. The van der Waals surface area contributed by atoms with Gasteiger partial charge in [0.25, 0.3) is 5.91 Å². The van der Waals surface area contributed by atoms with Crippen LogP contribution in [-0.4, -0.2) is 19.6 Å². The molecule has 76 valence electrons. The second kappa shape index (κ2) is 4.81. The molecule has 1 rings (SSSR count). The lowest BCUT2D eigenvalue weighted by Crippen LogP contribution is -2.24. The van der Waals surface area contributed by atoms with Crippen LogP contribution in [0, 0.1) is 5.82 Å². The lowest BCUT2D eigenvalue weighted by atomic mass is 10.3. The number of halogens is 2. The van der Waals surface area contributed by atoms with Crippen LogP contribution in [0.5, 0.6) is 5.75 Å². The van der Waals surface area contributed by atoms with E-state index in [-0.39, 0.29) is 17.5 Å². The summed E-state index contributed by atoms with van der Waals surface area (Å²) in [6.07, 6.45) is 0. The fraction of sp³-hybridized carbons (Fsp3) is 0.222. The summed E-state index contributed by atoms with van der Waals surface area (Å²) in [6.45, 7) is -0.113. The molecule has 1 amide bonds. The van der Waals surface area contributed by atoms with Crippen LogP contribution in [0.2, 0.25) is 5.02 Å². The first-order valence-electron chi connectivity index (χ1n) is 3.92. The topological polar surface area (TPSA) is 38.3 Å². The lowest BCUT2D eigenvalue weighted by molar-refractivity contribution is -0.122. The Morgan fingerprint density at radius 3 is 2.93 bits per heavy atom. The van der Waals surface area contributed by atoms with Crippen molar-refractivity contribution in [2.45, 2.75) is 0 Å². The maximum atomic E-state index is 12.7. The van der Waals surface area contributed by atoms with Crippen LogP contribution >= 0.6 is 11.6 Å². The summed E-state index contributed by atoms with van der Waals surface area (Å²) in [4.78, 5) is 10.8. The second-order valence-electron chi connectivity index (χ2n) is 2.54. The number of rotatable bonds is 3. The lowest BCUT2D eigenvalue weighted by Gasteiger charge is -2.05. The number of carbonyl (C=O) groups is 1. The molecule has 0 unspecified atom stereocenters. The van der Waals surface area contributed by atoms with E-state index in [0.29, 0.717) is 5.75 Å². The van der Waals surface area contributed by atoms with E-state index in [1.165, 1.54) is 25.2 Å². The minimum absolute atomic E-state index is 0.0283. The van der Waals surface area contributed by atoms with Gasteiger partial charge in [-0.15, -0.1) is 0 Å².